The van der Waals surface area contributed by atoms with Gasteiger partial charge in [-0.25, -0.2) is 4.99 Å². The zero-order valence-corrected chi connectivity index (χ0v) is 15.5. The van der Waals surface area contributed by atoms with Crippen molar-refractivity contribution in [3.8, 4) is 0 Å². The Morgan fingerprint density at radius 1 is 1.19 bits per heavy atom. The number of hydrogen-bond donors (Lipinski definition) is 2. The van der Waals surface area contributed by atoms with E-state index >= 15 is 0 Å². The fraction of sp³-hybridized carbons (Fsp3) is 0.125. The fourth-order valence-corrected chi connectivity index (χ4v) is 2.53. The van der Waals surface area contributed by atoms with Gasteiger partial charge in [0.1, 0.15) is 0 Å². The van der Waals surface area contributed by atoms with E-state index in [4.69, 9.17) is 27.3 Å². The zero-order chi connectivity index (χ0) is 19.3. The normalized spacial score (nSPS) is 13.7. The van der Waals surface area contributed by atoms with Gasteiger partial charge in [-0.3, -0.25) is 0 Å². The maximum atomic E-state index is 12.6. The monoisotopic (exact) mass is 419 g/mol. The summed E-state index contributed by atoms with van der Waals surface area (Å²) in [6.07, 6.45) is 0. The molecule has 2 aromatic rings. The number of aliphatic imine (C=N–C) groups is 1. The Hall–Kier alpha value is -2.45. The Morgan fingerprint density at radius 2 is 1.81 bits per heavy atom. The van der Waals surface area contributed by atoms with Crippen LogP contribution in [0.4, 0.5) is 5.69 Å². The van der Waals surface area contributed by atoms with Crippen molar-refractivity contribution in [3.63, 3.8) is 0 Å². The van der Waals surface area contributed by atoms with E-state index < -0.39 is 13.0 Å². The van der Waals surface area contributed by atoms with Crippen molar-refractivity contribution in [2.24, 2.45) is 4.99 Å². The molecule has 0 bridgehead atoms. The van der Waals surface area contributed by atoms with Gasteiger partial charge in [-0.15, -0.1) is 0 Å². The molecule has 2 aromatic carbocycles. The molecular formula is C16H15ClMnN3O5. The Bertz CT molecular complexity index is 1020. The van der Waals surface area contributed by atoms with Gasteiger partial charge in [0, 0.05) is 17.6 Å². The van der Waals surface area contributed by atoms with Crippen molar-refractivity contribution in [2.45, 2.75) is 0 Å². The summed E-state index contributed by atoms with van der Waals surface area (Å²) in [5.41, 5.74) is 2.92. The second-order valence-electron chi connectivity index (χ2n) is 5.12. The molecule has 0 spiro atoms. The van der Waals surface area contributed by atoms with Gasteiger partial charge in [0.25, 0.3) is 0 Å². The number of halogens is 1. The van der Waals surface area contributed by atoms with E-state index in [1.165, 1.54) is 0 Å². The Labute approximate surface area is 156 Å². The van der Waals surface area contributed by atoms with Crippen LogP contribution in [-0.2, 0) is 24.5 Å². The number of nitrogens with zero attached hydrogens (tertiary/aromatic N) is 2. The third-order valence-corrected chi connectivity index (χ3v) is 3.58. The summed E-state index contributed by atoms with van der Waals surface area (Å²) in [5.74, 6) is 0.625. The number of fused-ring (bicyclic) bond motifs is 1. The van der Waals surface area contributed by atoms with Crippen molar-refractivity contribution in [3.05, 3.63) is 69.9 Å². The van der Waals surface area contributed by atoms with Crippen molar-refractivity contribution < 1.29 is 33.4 Å². The van der Waals surface area contributed by atoms with Crippen LogP contribution in [0, 0.1) is 5.21 Å². The third kappa shape index (κ3) is 5.53. The summed E-state index contributed by atoms with van der Waals surface area (Å²) in [5, 5.41) is 16.1. The van der Waals surface area contributed by atoms with Gasteiger partial charge in [-0.1, -0.05) is 29.8 Å². The van der Waals surface area contributed by atoms with E-state index in [0.29, 0.717) is 16.6 Å². The molecule has 2 N–H and O–H groups in total. The van der Waals surface area contributed by atoms with Crippen LogP contribution in [0.3, 0.4) is 0 Å². The van der Waals surface area contributed by atoms with Gasteiger partial charge in [0.2, 0.25) is 12.3 Å². The van der Waals surface area contributed by atoms with E-state index in [0.717, 1.165) is 21.6 Å². The van der Waals surface area contributed by atoms with Crippen LogP contribution in [0.15, 0.2) is 53.5 Å². The number of likely N-dealkylation sites (N-methyl/N-ethyl adjacent to an activating group) is 1. The van der Waals surface area contributed by atoms with Gasteiger partial charge in [-0.05, 0) is 30.3 Å². The van der Waals surface area contributed by atoms with Gasteiger partial charge in [0.05, 0.1) is 11.3 Å². The Morgan fingerprint density at radius 3 is 2.38 bits per heavy atom. The van der Waals surface area contributed by atoms with Gasteiger partial charge >= 0.3 is 28.7 Å². The van der Waals surface area contributed by atoms with E-state index in [9.17, 15) is 5.21 Å². The number of hydroxylamine groups is 1. The van der Waals surface area contributed by atoms with E-state index in [2.05, 4.69) is 10.3 Å². The number of benzene rings is 2. The molecule has 0 unspecified atom stereocenters. The van der Waals surface area contributed by atoms with Crippen molar-refractivity contribution in [2.75, 3.05) is 13.6 Å². The second-order valence-corrected chi connectivity index (χ2v) is 6.79. The first-order valence-corrected chi connectivity index (χ1v) is 9.59. The molecule has 0 aliphatic carbocycles. The number of amidine groups is 1. The molecular weight excluding hydrogens is 405 g/mol. The van der Waals surface area contributed by atoms with E-state index in [-0.39, 0.29) is 6.54 Å². The minimum absolute atomic E-state index is 0.174. The SMILES string of the molecule is CNC1=Nc2ccc(Cl)cc2C(c2ccccc2)=[N+]([O-])C1.[O]=[Mn](=[O])(=[O])[OH]. The second kappa shape index (κ2) is 8.29. The molecule has 0 saturated carbocycles. The fourth-order valence-electron chi connectivity index (χ4n) is 2.36. The zero-order valence-electron chi connectivity index (χ0n) is 13.6. The van der Waals surface area contributed by atoms with E-state index in [1.807, 2.05) is 36.4 Å². The molecule has 0 saturated heterocycles. The maximum absolute atomic E-state index is 12.6. The average Bonchev–Trinajstić information content (AvgIpc) is 2.69. The van der Waals surface area contributed by atoms with Gasteiger partial charge in [0.15, 0.2) is 5.84 Å². The molecule has 0 amide bonds. The van der Waals surface area contributed by atoms with Crippen molar-refractivity contribution >= 4 is 28.8 Å². The number of nitrogens with one attached hydrogen (secondary N) is 1. The Kier molecular flexibility index (Phi) is 6.33. The summed E-state index contributed by atoms with van der Waals surface area (Å²) in [7, 11) is 1.76. The molecule has 1 aliphatic heterocycles. The van der Waals surface area contributed by atoms with Gasteiger partial charge < -0.3 is 10.5 Å². The van der Waals surface area contributed by atoms with Crippen molar-refractivity contribution in [1.82, 2.24) is 5.32 Å². The first-order valence-electron chi connectivity index (χ1n) is 7.24. The minimum atomic E-state index is -5.38. The average molecular weight is 420 g/mol. The standard InChI is InChI=1S/C16H14ClN3O.Mn.H2O.3O/c1-18-15-10-20(21)16(11-5-3-2-4-6-11)13-9-12(17)7-8-14(13)19-15;;;;;/h2-9H,10H2,1H3,(H,18,19);;1H2;;;/q;+1;;;;/p-1. The molecule has 8 nitrogen and oxygen atoms in total. The quantitative estimate of drug-likeness (QED) is 0.414. The molecule has 138 valence electrons. The predicted octanol–water partition coefficient (Wildman–Crippen LogP) is 2.03. The summed E-state index contributed by atoms with van der Waals surface area (Å²) in [6, 6.07) is 15.0. The first-order chi connectivity index (χ1) is 12.2. The van der Waals surface area contributed by atoms with Crippen molar-refractivity contribution in [1.29, 1.82) is 0 Å². The molecule has 3 rings (SSSR count). The first kappa shape index (κ1) is 19.9. The van der Waals surface area contributed by atoms with Crippen LogP contribution < -0.4 is 5.32 Å². The van der Waals surface area contributed by atoms with Gasteiger partial charge in [-0.2, -0.15) is 4.74 Å². The van der Waals surface area contributed by atoms with Crippen LogP contribution >= 0.6 is 11.6 Å². The molecule has 0 fully saturated rings. The van der Waals surface area contributed by atoms with Crippen LogP contribution in [0.1, 0.15) is 11.1 Å². The molecule has 1 heterocycles. The molecule has 1 aliphatic rings. The molecule has 10 heteroatoms. The van der Waals surface area contributed by atoms with E-state index in [1.54, 1.807) is 19.2 Å². The predicted molar refractivity (Wildman–Crippen MR) is 90.0 cm³/mol. The topological polar surface area (TPSA) is 122 Å². The summed E-state index contributed by atoms with van der Waals surface area (Å²) in [6.45, 7) is 0.174. The summed E-state index contributed by atoms with van der Waals surface area (Å²) in [4.78, 5) is 4.51. The molecule has 0 radical (unpaired) electrons. The van der Waals surface area contributed by atoms with Crippen LogP contribution in [0.5, 0.6) is 0 Å². The van der Waals surface area contributed by atoms with Crippen LogP contribution in [0.2, 0.25) is 5.02 Å². The van der Waals surface area contributed by atoms with Crippen LogP contribution in [-0.4, -0.2) is 34.1 Å². The summed E-state index contributed by atoms with van der Waals surface area (Å²) < 4.78 is 34.0. The molecule has 26 heavy (non-hydrogen) atoms. The molecule has 0 aromatic heterocycles. The van der Waals surface area contributed by atoms with Crippen LogP contribution in [0.25, 0.3) is 0 Å². The number of rotatable bonds is 1. The Balaban J connectivity index is 0.000000431. The molecule has 0 atom stereocenters. The third-order valence-electron chi connectivity index (χ3n) is 3.35. The number of hydrogen-bond acceptors (Lipinski definition) is 6. The summed E-state index contributed by atoms with van der Waals surface area (Å²) >= 11 is 0.728.